The van der Waals surface area contributed by atoms with Crippen LogP contribution in [0.1, 0.15) is 10.7 Å². The van der Waals surface area contributed by atoms with Crippen LogP contribution in [0.3, 0.4) is 0 Å². The molecule has 0 radical (unpaired) electrons. The van der Waals surface area contributed by atoms with Crippen molar-refractivity contribution >= 4 is 27.3 Å². The van der Waals surface area contributed by atoms with Crippen LogP contribution in [0, 0.1) is 0 Å². The fraction of sp³-hybridized carbons (Fsp3) is 0.250. The van der Waals surface area contributed by atoms with Crippen molar-refractivity contribution in [3.63, 3.8) is 0 Å². The summed E-state index contributed by atoms with van der Waals surface area (Å²) < 4.78 is 6.67. The summed E-state index contributed by atoms with van der Waals surface area (Å²) in [5.41, 5.74) is 6.56. The van der Waals surface area contributed by atoms with Crippen LogP contribution in [0.4, 0.5) is 0 Å². The van der Waals surface area contributed by atoms with Crippen molar-refractivity contribution < 1.29 is 4.74 Å². The highest BCUT2D eigenvalue weighted by molar-refractivity contribution is 9.10. The van der Waals surface area contributed by atoms with Crippen molar-refractivity contribution in [3.05, 3.63) is 44.8 Å². The molecule has 0 spiro atoms. The zero-order valence-corrected chi connectivity index (χ0v) is 11.6. The van der Waals surface area contributed by atoms with E-state index in [1.807, 2.05) is 29.6 Å². The van der Waals surface area contributed by atoms with Gasteiger partial charge in [0.25, 0.3) is 0 Å². The van der Waals surface area contributed by atoms with Crippen LogP contribution in [0.15, 0.2) is 34.1 Å². The largest absolute Gasteiger partial charge is 0.493 e. The van der Waals surface area contributed by atoms with Crippen LogP contribution >= 0.6 is 27.3 Å². The molecule has 1 aromatic carbocycles. The number of ether oxygens (including phenoxy) is 1. The van der Waals surface area contributed by atoms with Crippen molar-refractivity contribution in [2.75, 3.05) is 6.61 Å². The van der Waals surface area contributed by atoms with E-state index in [4.69, 9.17) is 10.5 Å². The van der Waals surface area contributed by atoms with E-state index in [1.54, 1.807) is 11.3 Å². The molecule has 0 aliphatic rings. The van der Waals surface area contributed by atoms with E-state index in [0.717, 1.165) is 27.3 Å². The molecule has 3 nitrogen and oxygen atoms in total. The third-order valence-corrected chi connectivity index (χ3v) is 3.66. The lowest BCUT2D eigenvalue weighted by Crippen LogP contribution is -2.02. The fourth-order valence-electron chi connectivity index (χ4n) is 1.36. The molecule has 1 aromatic heterocycles. The number of benzene rings is 1. The maximum atomic E-state index is 5.62. The molecular formula is C12H13BrN2OS. The molecule has 5 heteroatoms. The Hall–Kier alpha value is -0.910. The standard InChI is InChI=1S/C12H13BrN2OS/c13-9-1-3-11(4-2-9)16-6-5-10-8-17-12(7-14)15-10/h1-4,8H,5-7,14H2. The number of halogens is 1. The highest BCUT2D eigenvalue weighted by Crippen LogP contribution is 2.16. The Morgan fingerprint density at radius 1 is 1.29 bits per heavy atom. The van der Waals surface area contributed by atoms with Gasteiger partial charge in [0.15, 0.2) is 0 Å². The number of nitrogens with two attached hydrogens (primary N) is 1. The Balaban J connectivity index is 1.81. The third kappa shape index (κ3) is 3.80. The SMILES string of the molecule is NCc1nc(CCOc2ccc(Br)cc2)cs1. The first kappa shape index (κ1) is 12.5. The zero-order valence-electron chi connectivity index (χ0n) is 9.23. The lowest BCUT2D eigenvalue weighted by atomic mass is 10.3. The topological polar surface area (TPSA) is 48.1 Å². The Morgan fingerprint density at radius 3 is 2.71 bits per heavy atom. The monoisotopic (exact) mass is 312 g/mol. The molecule has 0 aliphatic heterocycles. The lowest BCUT2D eigenvalue weighted by Gasteiger charge is -2.04. The van der Waals surface area contributed by atoms with Gasteiger partial charge in [-0.3, -0.25) is 0 Å². The van der Waals surface area contributed by atoms with Gasteiger partial charge in [0.1, 0.15) is 10.8 Å². The predicted molar refractivity (Wildman–Crippen MR) is 73.3 cm³/mol. The van der Waals surface area contributed by atoms with Gasteiger partial charge in [-0.2, -0.15) is 0 Å². The van der Waals surface area contributed by atoms with Crippen LogP contribution in [-0.4, -0.2) is 11.6 Å². The van der Waals surface area contributed by atoms with Crippen molar-refractivity contribution in [1.82, 2.24) is 4.98 Å². The van der Waals surface area contributed by atoms with Crippen molar-refractivity contribution in [3.8, 4) is 5.75 Å². The molecule has 2 aromatic rings. The Kier molecular flexibility index (Phi) is 4.53. The minimum absolute atomic E-state index is 0.512. The van der Waals surface area contributed by atoms with Gasteiger partial charge < -0.3 is 10.5 Å². The van der Waals surface area contributed by atoms with Crippen molar-refractivity contribution in [1.29, 1.82) is 0 Å². The molecule has 90 valence electrons. The fourth-order valence-corrected chi connectivity index (χ4v) is 2.33. The maximum Gasteiger partial charge on any atom is 0.119 e. The quantitative estimate of drug-likeness (QED) is 0.923. The van der Waals surface area contributed by atoms with Crippen LogP contribution in [0.2, 0.25) is 0 Å². The van der Waals surface area contributed by atoms with Crippen LogP contribution in [0.25, 0.3) is 0 Å². The second-order valence-corrected chi connectivity index (χ2v) is 5.35. The molecule has 2 rings (SSSR count). The van der Waals surface area contributed by atoms with E-state index >= 15 is 0 Å². The summed E-state index contributed by atoms with van der Waals surface area (Å²) in [6.45, 7) is 1.15. The molecule has 17 heavy (non-hydrogen) atoms. The second kappa shape index (κ2) is 6.14. The minimum atomic E-state index is 0.512. The van der Waals surface area contributed by atoms with Gasteiger partial charge in [-0.05, 0) is 24.3 Å². The molecule has 0 bridgehead atoms. The van der Waals surface area contributed by atoms with Crippen LogP contribution in [-0.2, 0) is 13.0 Å². The number of aromatic nitrogens is 1. The molecule has 0 aliphatic carbocycles. The van der Waals surface area contributed by atoms with Crippen molar-refractivity contribution in [2.45, 2.75) is 13.0 Å². The van der Waals surface area contributed by atoms with Gasteiger partial charge in [-0.15, -0.1) is 11.3 Å². The third-order valence-electron chi connectivity index (χ3n) is 2.21. The van der Waals surface area contributed by atoms with Crippen molar-refractivity contribution in [2.24, 2.45) is 5.73 Å². The summed E-state index contributed by atoms with van der Waals surface area (Å²) in [6, 6.07) is 7.81. The summed E-state index contributed by atoms with van der Waals surface area (Å²) in [4.78, 5) is 4.38. The van der Waals surface area contributed by atoms with E-state index in [0.29, 0.717) is 13.2 Å². The average Bonchev–Trinajstić information content (AvgIpc) is 2.80. The summed E-state index contributed by atoms with van der Waals surface area (Å²) in [7, 11) is 0. The number of thiazole rings is 1. The first-order chi connectivity index (χ1) is 8.28. The summed E-state index contributed by atoms with van der Waals surface area (Å²) in [5, 5.41) is 3.01. The number of hydrogen-bond donors (Lipinski definition) is 1. The van der Waals surface area contributed by atoms with Gasteiger partial charge in [0.05, 0.1) is 12.3 Å². The molecule has 2 N–H and O–H groups in total. The zero-order chi connectivity index (χ0) is 12.1. The smallest absolute Gasteiger partial charge is 0.119 e. The lowest BCUT2D eigenvalue weighted by molar-refractivity contribution is 0.320. The first-order valence-electron chi connectivity index (χ1n) is 5.29. The molecule has 0 fully saturated rings. The highest BCUT2D eigenvalue weighted by Gasteiger charge is 2.01. The Bertz CT molecular complexity index is 470. The van der Waals surface area contributed by atoms with Gasteiger partial charge in [-0.25, -0.2) is 4.98 Å². The summed E-state index contributed by atoms with van der Waals surface area (Å²) in [5.74, 6) is 0.877. The van der Waals surface area contributed by atoms with E-state index in [-0.39, 0.29) is 0 Å². The van der Waals surface area contributed by atoms with Crippen LogP contribution < -0.4 is 10.5 Å². The Morgan fingerprint density at radius 2 is 2.06 bits per heavy atom. The highest BCUT2D eigenvalue weighted by atomic mass is 79.9. The molecular weight excluding hydrogens is 300 g/mol. The normalized spacial score (nSPS) is 10.5. The molecule has 0 saturated carbocycles. The number of hydrogen-bond acceptors (Lipinski definition) is 4. The molecule has 1 heterocycles. The van der Waals surface area contributed by atoms with E-state index in [1.165, 1.54) is 0 Å². The number of nitrogens with zero attached hydrogens (tertiary/aromatic N) is 1. The van der Waals surface area contributed by atoms with Gasteiger partial charge in [0.2, 0.25) is 0 Å². The first-order valence-corrected chi connectivity index (χ1v) is 6.97. The molecule has 0 amide bonds. The maximum absolute atomic E-state index is 5.62. The van der Waals surface area contributed by atoms with Gasteiger partial charge in [-0.1, -0.05) is 15.9 Å². The summed E-state index contributed by atoms with van der Waals surface area (Å²) in [6.07, 6.45) is 0.812. The predicted octanol–water partition coefficient (Wildman–Crippen LogP) is 2.99. The molecule has 0 saturated heterocycles. The van der Waals surface area contributed by atoms with E-state index in [2.05, 4.69) is 20.9 Å². The van der Waals surface area contributed by atoms with E-state index in [9.17, 15) is 0 Å². The number of rotatable bonds is 5. The minimum Gasteiger partial charge on any atom is -0.493 e. The molecule has 0 atom stereocenters. The molecule has 0 unspecified atom stereocenters. The van der Waals surface area contributed by atoms with Gasteiger partial charge in [0, 0.05) is 22.8 Å². The summed E-state index contributed by atoms with van der Waals surface area (Å²) >= 11 is 4.98. The average molecular weight is 313 g/mol. The second-order valence-electron chi connectivity index (χ2n) is 3.49. The Labute approximate surface area is 113 Å². The van der Waals surface area contributed by atoms with Gasteiger partial charge >= 0.3 is 0 Å². The van der Waals surface area contributed by atoms with E-state index < -0.39 is 0 Å². The van der Waals surface area contributed by atoms with Crippen LogP contribution in [0.5, 0.6) is 5.75 Å².